The van der Waals surface area contributed by atoms with Gasteiger partial charge in [0.15, 0.2) is 0 Å². The number of methoxy groups -OCH3 is 2. The molecule has 0 bridgehead atoms. The zero-order valence-corrected chi connectivity index (χ0v) is 15.7. The molecule has 1 atom stereocenters. The summed E-state index contributed by atoms with van der Waals surface area (Å²) >= 11 is 7.33. The van der Waals surface area contributed by atoms with Crippen LogP contribution >= 0.6 is 22.9 Å². The summed E-state index contributed by atoms with van der Waals surface area (Å²) in [6.45, 7) is 0. The van der Waals surface area contributed by atoms with E-state index in [4.69, 9.17) is 21.1 Å². The molecule has 0 saturated heterocycles. The molecular weight excluding hydrogens is 378 g/mol. The number of rotatable bonds is 4. The minimum Gasteiger partial charge on any atom is -0.469 e. The van der Waals surface area contributed by atoms with Crippen LogP contribution in [0.4, 0.5) is 5.00 Å². The van der Waals surface area contributed by atoms with Crippen molar-refractivity contribution in [2.24, 2.45) is 0 Å². The number of fused-ring (bicyclic) bond motifs is 1. The van der Waals surface area contributed by atoms with Gasteiger partial charge >= 0.3 is 11.9 Å². The van der Waals surface area contributed by atoms with Crippen molar-refractivity contribution in [2.45, 2.75) is 18.8 Å². The maximum atomic E-state index is 12.6. The molecule has 1 N–H and O–H groups in total. The molecule has 0 unspecified atom stereocenters. The number of hydrogen-bond donors (Lipinski definition) is 1. The van der Waals surface area contributed by atoms with Crippen LogP contribution in [-0.4, -0.2) is 32.1 Å². The highest BCUT2D eigenvalue weighted by molar-refractivity contribution is 7.17. The fourth-order valence-corrected chi connectivity index (χ4v) is 4.53. The summed E-state index contributed by atoms with van der Waals surface area (Å²) in [5, 5.41) is 3.39. The van der Waals surface area contributed by atoms with Gasteiger partial charge in [-0.2, -0.15) is 0 Å². The van der Waals surface area contributed by atoms with E-state index in [1.165, 1.54) is 25.6 Å². The smallest absolute Gasteiger partial charge is 0.341 e. The lowest BCUT2D eigenvalue weighted by Crippen LogP contribution is -2.17. The van der Waals surface area contributed by atoms with E-state index in [9.17, 15) is 14.4 Å². The lowest BCUT2D eigenvalue weighted by molar-refractivity contribution is -0.142. The predicted octanol–water partition coefficient (Wildman–Crippen LogP) is 3.64. The number of carbonyl (C=O) groups is 3. The third-order valence-corrected chi connectivity index (χ3v) is 5.76. The van der Waals surface area contributed by atoms with Crippen LogP contribution < -0.4 is 5.32 Å². The Morgan fingerprint density at radius 3 is 2.58 bits per heavy atom. The zero-order chi connectivity index (χ0) is 18.8. The van der Waals surface area contributed by atoms with Gasteiger partial charge in [-0.25, -0.2) is 4.79 Å². The Balaban J connectivity index is 2.01. The summed E-state index contributed by atoms with van der Waals surface area (Å²) in [6, 6.07) is 6.62. The summed E-state index contributed by atoms with van der Waals surface area (Å²) in [5.41, 5.74) is 1.09. The van der Waals surface area contributed by atoms with Crippen LogP contribution in [0.1, 0.15) is 43.5 Å². The standard InChI is InChI=1S/C18H16ClNO5S/c1-24-17(22)10-7-8-12-13(10)14(18(23)25-2)16(26-12)20-15(21)9-5-3-4-6-11(9)19/h3-6,10H,7-8H2,1-2H3,(H,20,21)/t10-/m1/s1. The fraction of sp³-hybridized carbons (Fsp3) is 0.278. The van der Waals surface area contributed by atoms with Crippen LogP contribution in [0.5, 0.6) is 0 Å². The first-order valence-electron chi connectivity index (χ1n) is 7.85. The monoisotopic (exact) mass is 393 g/mol. The molecule has 0 fully saturated rings. The van der Waals surface area contributed by atoms with E-state index in [1.54, 1.807) is 24.3 Å². The van der Waals surface area contributed by atoms with Gasteiger partial charge in [0.25, 0.3) is 5.91 Å². The molecule has 0 spiro atoms. The largest absolute Gasteiger partial charge is 0.469 e. The van der Waals surface area contributed by atoms with Gasteiger partial charge < -0.3 is 14.8 Å². The minimum absolute atomic E-state index is 0.209. The van der Waals surface area contributed by atoms with Gasteiger partial charge in [-0.1, -0.05) is 23.7 Å². The van der Waals surface area contributed by atoms with Gasteiger partial charge in [0.05, 0.1) is 36.3 Å². The van der Waals surface area contributed by atoms with E-state index in [-0.39, 0.29) is 5.56 Å². The van der Waals surface area contributed by atoms with E-state index < -0.39 is 23.8 Å². The first-order chi connectivity index (χ1) is 12.5. The molecule has 3 rings (SSSR count). The molecule has 136 valence electrons. The molecule has 0 radical (unpaired) electrons. The predicted molar refractivity (Wildman–Crippen MR) is 98.1 cm³/mol. The van der Waals surface area contributed by atoms with Gasteiger partial charge in [-0.3, -0.25) is 9.59 Å². The summed E-state index contributed by atoms with van der Waals surface area (Å²) in [6.07, 6.45) is 1.20. The average molecular weight is 394 g/mol. The molecule has 6 nitrogen and oxygen atoms in total. The molecule has 1 amide bonds. The number of ether oxygens (including phenoxy) is 2. The zero-order valence-electron chi connectivity index (χ0n) is 14.1. The van der Waals surface area contributed by atoms with Crippen LogP contribution in [0.3, 0.4) is 0 Å². The second kappa shape index (κ2) is 7.47. The van der Waals surface area contributed by atoms with Crippen molar-refractivity contribution in [2.75, 3.05) is 19.5 Å². The molecule has 1 aromatic heterocycles. The molecule has 0 aliphatic heterocycles. The third-order valence-electron chi connectivity index (χ3n) is 4.25. The van der Waals surface area contributed by atoms with Crippen LogP contribution in [-0.2, 0) is 20.7 Å². The number of halogens is 1. The van der Waals surface area contributed by atoms with Gasteiger partial charge in [-0.05, 0) is 30.5 Å². The Morgan fingerprint density at radius 2 is 1.92 bits per heavy atom. The average Bonchev–Trinajstić information content (AvgIpc) is 3.19. The van der Waals surface area contributed by atoms with Crippen LogP contribution in [0.2, 0.25) is 5.02 Å². The highest BCUT2D eigenvalue weighted by atomic mass is 35.5. The van der Waals surface area contributed by atoms with Gasteiger partial charge in [0.1, 0.15) is 5.00 Å². The number of benzene rings is 1. The molecule has 1 heterocycles. The number of aryl methyl sites for hydroxylation is 1. The third kappa shape index (κ3) is 3.20. The van der Waals surface area contributed by atoms with Crippen LogP contribution in [0.15, 0.2) is 24.3 Å². The Hall–Kier alpha value is -2.38. The molecule has 2 aromatic rings. The molecule has 1 aliphatic rings. The van der Waals surface area contributed by atoms with Gasteiger partial charge in [0, 0.05) is 4.88 Å². The maximum Gasteiger partial charge on any atom is 0.341 e. The molecule has 1 aromatic carbocycles. The number of amides is 1. The first kappa shape index (κ1) is 18.4. The summed E-state index contributed by atoms with van der Waals surface area (Å²) in [4.78, 5) is 37.8. The van der Waals surface area contributed by atoms with Gasteiger partial charge in [-0.15, -0.1) is 11.3 Å². The van der Waals surface area contributed by atoms with Crippen molar-refractivity contribution in [1.82, 2.24) is 0 Å². The van der Waals surface area contributed by atoms with E-state index >= 15 is 0 Å². The maximum absolute atomic E-state index is 12.6. The summed E-state index contributed by atoms with van der Waals surface area (Å²) in [7, 11) is 2.57. The summed E-state index contributed by atoms with van der Waals surface area (Å²) < 4.78 is 9.72. The number of nitrogens with one attached hydrogen (secondary N) is 1. The van der Waals surface area contributed by atoms with E-state index in [2.05, 4.69) is 5.32 Å². The number of hydrogen-bond acceptors (Lipinski definition) is 6. The Bertz CT molecular complexity index is 892. The molecule has 26 heavy (non-hydrogen) atoms. The van der Waals surface area contributed by atoms with Crippen LogP contribution in [0.25, 0.3) is 0 Å². The molecular formula is C18H16ClNO5S. The highest BCUT2D eigenvalue weighted by Gasteiger charge is 2.38. The SMILES string of the molecule is COC(=O)c1c(NC(=O)c2ccccc2Cl)sc2c1[C@H](C(=O)OC)CC2. The number of carbonyl (C=O) groups excluding carboxylic acids is 3. The topological polar surface area (TPSA) is 81.7 Å². The van der Waals surface area contributed by atoms with Crippen LogP contribution in [0, 0.1) is 0 Å². The quantitative estimate of drug-likeness (QED) is 0.802. The lowest BCUT2D eigenvalue weighted by atomic mass is 9.99. The lowest BCUT2D eigenvalue weighted by Gasteiger charge is -2.12. The highest BCUT2D eigenvalue weighted by Crippen LogP contribution is 2.46. The molecule has 8 heteroatoms. The van der Waals surface area contributed by atoms with Gasteiger partial charge in [0.2, 0.25) is 0 Å². The van der Waals surface area contributed by atoms with E-state index in [1.807, 2.05) is 0 Å². The Morgan fingerprint density at radius 1 is 1.19 bits per heavy atom. The minimum atomic E-state index is -0.604. The Kier molecular flexibility index (Phi) is 5.29. The van der Waals surface area contributed by atoms with Crippen molar-refractivity contribution in [3.63, 3.8) is 0 Å². The number of anilines is 1. The fourth-order valence-electron chi connectivity index (χ4n) is 3.05. The van der Waals surface area contributed by atoms with Crippen molar-refractivity contribution < 1.29 is 23.9 Å². The Labute approximate surface area is 159 Å². The van der Waals surface area contributed by atoms with Crippen molar-refractivity contribution in [3.8, 4) is 0 Å². The second-order valence-corrected chi connectivity index (χ2v) is 7.20. The summed E-state index contributed by atoms with van der Waals surface area (Å²) in [5.74, 6) is -1.98. The van der Waals surface area contributed by atoms with Crippen molar-refractivity contribution >= 4 is 45.8 Å². The normalized spacial score (nSPS) is 15.3. The number of thiophene rings is 1. The van der Waals surface area contributed by atoms with E-state index in [0.717, 1.165) is 4.88 Å². The van der Waals surface area contributed by atoms with E-state index in [0.29, 0.717) is 34.0 Å². The second-order valence-electron chi connectivity index (χ2n) is 5.68. The molecule has 1 aliphatic carbocycles. The molecule has 0 saturated carbocycles. The first-order valence-corrected chi connectivity index (χ1v) is 9.05. The van der Waals surface area contributed by atoms with Crippen molar-refractivity contribution in [3.05, 3.63) is 50.9 Å². The number of esters is 2. The van der Waals surface area contributed by atoms with Crippen molar-refractivity contribution in [1.29, 1.82) is 0 Å².